The summed E-state index contributed by atoms with van der Waals surface area (Å²) < 4.78 is 10.7. The van der Waals surface area contributed by atoms with Crippen LogP contribution >= 0.6 is 0 Å². The molecule has 0 aromatic rings. The minimum absolute atomic E-state index is 0.0271. The molecule has 1 aliphatic carbocycles. The minimum Gasteiger partial charge on any atom is -0.469 e. The Labute approximate surface area is 115 Å². The highest BCUT2D eigenvalue weighted by atomic mass is 16.5. The van der Waals surface area contributed by atoms with Crippen molar-refractivity contribution in [3.63, 3.8) is 0 Å². The van der Waals surface area contributed by atoms with Crippen LogP contribution in [-0.4, -0.2) is 50.3 Å². The standard InChI is InChI=1S/C15H25NO3/c1-18-14(17)12-4-8-16(9-5-12)11-15-6-2-3-13(15)19-10-7-15/h12-13H,2-11H2,1H3/t13-,15-/m1/s1. The Kier molecular flexibility index (Phi) is 3.81. The topological polar surface area (TPSA) is 38.8 Å². The molecule has 0 unspecified atom stereocenters. The Bertz CT molecular complexity index is 326. The van der Waals surface area contributed by atoms with Gasteiger partial charge in [0.25, 0.3) is 0 Å². The quantitative estimate of drug-likeness (QED) is 0.731. The summed E-state index contributed by atoms with van der Waals surface area (Å²) in [6.45, 7) is 4.19. The predicted molar refractivity (Wildman–Crippen MR) is 71.8 cm³/mol. The van der Waals surface area contributed by atoms with Gasteiger partial charge in [-0.15, -0.1) is 0 Å². The monoisotopic (exact) mass is 267 g/mol. The molecular weight excluding hydrogens is 242 g/mol. The second kappa shape index (κ2) is 5.41. The first-order valence-electron chi connectivity index (χ1n) is 7.65. The minimum atomic E-state index is -0.0271. The summed E-state index contributed by atoms with van der Waals surface area (Å²) in [6.07, 6.45) is 7.54. The third-order valence-electron chi connectivity index (χ3n) is 5.40. The third-order valence-corrected chi connectivity index (χ3v) is 5.40. The van der Waals surface area contributed by atoms with Crippen molar-refractivity contribution in [3.05, 3.63) is 0 Å². The Morgan fingerprint density at radius 3 is 2.84 bits per heavy atom. The second-order valence-electron chi connectivity index (χ2n) is 6.44. The van der Waals surface area contributed by atoms with Crippen molar-refractivity contribution >= 4 is 5.97 Å². The zero-order chi connectivity index (χ0) is 13.3. The molecule has 19 heavy (non-hydrogen) atoms. The molecule has 2 saturated heterocycles. The Balaban J connectivity index is 1.53. The summed E-state index contributed by atoms with van der Waals surface area (Å²) in [5.74, 6) is 0.0960. The number of carbonyl (C=O) groups is 1. The molecule has 2 aliphatic heterocycles. The zero-order valence-corrected chi connectivity index (χ0v) is 11.9. The summed E-state index contributed by atoms with van der Waals surface area (Å²) in [7, 11) is 1.49. The highest BCUT2D eigenvalue weighted by Gasteiger charge is 2.48. The van der Waals surface area contributed by atoms with Crippen molar-refractivity contribution in [1.29, 1.82) is 0 Å². The van der Waals surface area contributed by atoms with Crippen LogP contribution in [-0.2, 0) is 14.3 Å². The lowest BCUT2D eigenvalue weighted by molar-refractivity contribution is -0.147. The van der Waals surface area contributed by atoms with E-state index in [0.717, 1.165) is 32.5 Å². The average molecular weight is 267 g/mol. The van der Waals surface area contributed by atoms with E-state index in [1.165, 1.54) is 39.3 Å². The maximum Gasteiger partial charge on any atom is 0.308 e. The molecule has 3 aliphatic rings. The molecule has 0 aromatic heterocycles. The van der Waals surface area contributed by atoms with Crippen molar-refractivity contribution in [2.75, 3.05) is 33.4 Å². The zero-order valence-electron chi connectivity index (χ0n) is 11.9. The van der Waals surface area contributed by atoms with Gasteiger partial charge in [0.15, 0.2) is 0 Å². The van der Waals surface area contributed by atoms with Crippen LogP contribution in [0.15, 0.2) is 0 Å². The fraction of sp³-hybridized carbons (Fsp3) is 0.933. The molecule has 4 heteroatoms. The lowest BCUT2D eigenvalue weighted by Gasteiger charge is -2.38. The van der Waals surface area contributed by atoms with Crippen molar-refractivity contribution in [3.8, 4) is 0 Å². The first-order chi connectivity index (χ1) is 9.23. The Morgan fingerprint density at radius 2 is 2.11 bits per heavy atom. The van der Waals surface area contributed by atoms with E-state index in [0.29, 0.717) is 11.5 Å². The molecule has 2 heterocycles. The summed E-state index contributed by atoms with van der Waals surface area (Å²) in [5.41, 5.74) is 0.429. The maximum atomic E-state index is 11.5. The van der Waals surface area contributed by atoms with Gasteiger partial charge in [0, 0.05) is 18.6 Å². The van der Waals surface area contributed by atoms with Gasteiger partial charge in [0.05, 0.1) is 19.1 Å². The SMILES string of the molecule is COC(=O)C1CCN(C[C@]23CCC[C@H]2OCC3)CC1. The van der Waals surface area contributed by atoms with E-state index in [2.05, 4.69) is 4.90 Å². The van der Waals surface area contributed by atoms with E-state index >= 15 is 0 Å². The van der Waals surface area contributed by atoms with Gasteiger partial charge >= 0.3 is 5.97 Å². The summed E-state index contributed by atoms with van der Waals surface area (Å²) >= 11 is 0. The van der Waals surface area contributed by atoms with Crippen LogP contribution in [0.2, 0.25) is 0 Å². The largest absolute Gasteiger partial charge is 0.469 e. The van der Waals surface area contributed by atoms with Crippen LogP contribution in [0.3, 0.4) is 0 Å². The summed E-state index contributed by atoms with van der Waals surface area (Å²) in [5, 5.41) is 0. The maximum absolute atomic E-state index is 11.5. The molecular formula is C15H25NO3. The number of hydrogen-bond donors (Lipinski definition) is 0. The number of esters is 1. The van der Waals surface area contributed by atoms with E-state index in [4.69, 9.17) is 9.47 Å². The second-order valence-corrected chi connectivity index (χ2v) is 6.44. The van der Waals surface area contributed by atoms with E-state index in [1.807, 2.05) is 0 Å². The average Bonchev–Trinajstić information content (AvgIpc) is 2.98. The molecule has 0 radical (unpaired) electrons. The van der Waals surface area contributed by atoms with Crippen molar-refractivity contribution < 1.29 is 14.3 Å². The van der Waals surface area contributed by atoms with E-state index in [-0.39, 0.29) is 11.9 Å². The summed E-state index contributed by atoms with van der Waals surface area (Å²) in [6, 6.07) is 0. The normalized spacial score (nSPS) is 36.4. The number of piperidine rings is 1. The van der Waals surface area contributed by atoms with Gasteiger partial charge < -0.3 is 14.4 Å². The predicted octanol–water partition coefficient (Wildman–Crippen LogP) is 1.83. The van der Waals surface area contributed by atoms with Crippen LogP contribution in [0.5, 0.6) is 0 Å². The molecule has 0 spiro atoms. The van der Waals surface area contributed by atoms with Gasteiger partial charge in [-0.2, -0.15) is 0 Å². The number of carbonyl (C=O) groups excluding carboxylic acids is 1. The van der Waals surface area contributed by atoms with Crippen molar-refractivity contribution in [2.24, 2.45) is 11.3 Å². The Hall–Kier alpha value is -0.610. The van der Waals surface area contributed by atoms with Gasteiger partial charge in [-0.1, -0.05) is 6.42 Å². The van der Waals surface area contributed by atoms with Gasteiger partial charge in [-0.3, -0.25) is 4.79 Å². The van der Waals surface area contributed by atoms with Gasteiger partial charge in [0.1, 0.15) is 0 Å². The van der Waals surface area contributed by atoms with Crippen LogP contribution in [0.4, 0.5) is 0 Å². The number of ether oxygens (including phenoxy) is 2. The lowest BCUT2D eigenvalue weighted by atomic mass is 9.81. The number of nitrogens with zero attached hydrogens (tertiary/aromatic N) is 1. The molecule has 0 amide bonds. The van der Waals surface area contributed by atoms with Gasteiger partial charge in [-0.05, 0) is 45.2 Å². The van der Waals surface area contributed by atoms with E-state index in [9.17, 15) is 4.79 Å². The van der Waals surface area contributed by atoms with Crippen LogP contribution in [0.1, 0.15) is 38.5 Å². The van der Waals surface area contributed by atoms with E-state index < -0.39 is 0 Å². The molecule has 2 atom stereocenters. The van der Waals surface area contributed by atoms with Crippen LogP contribution in [0, 0.1) is 11.3 Å². The summed E-state index contributed by atoms with van der Waals surface area (Å²) in [4.78, 5) is 14.1. The lowest BCUT2D eigenvalue weighted by Crippen LogP contribution is -2.44. The molecule has 108 valence electrons. The molecule has 0 N–H and O–H groups in total. The van der Waals surface area contributed by atoms with E-state index in [1.54, 1.807) is 0 Å². The number of likely N-dealkylation sites (tertiary alicyclic amines) is 1. The van der Waals surface area contributed by atoms with Crippen molar-refractivity contribution in [1.82, 2.24) is 4.90 Å². The Morgan fingerprint density at radius 1 is 1.32 bits per heavy atom. The first kappa shape index (κ1) is 13.4. The molecule has 3 fully saturated rings. The smallest absolute Gasteiger partial charge is 0.308 e. The van der Waals surface area contributed by atoms with Gasteiger partial charge in [-0.25, -0.2) is 0 Å². The molecule has 0 aromatic carbocycles. The third kappa shape index (κ3) is 2.52. The highest BCUT2D eigenvalue weighted by Crippen LogP contribution is 2.48. The molecule has 1 saturated carbocycles. The molecule has 4 nitrogen and oxygen atoms in total. The van der Waals surface area contributed by atoms with Crippen molar-refractivity contribution in [2.45, 2.75) is 44.6 Å². The fourth-order valence-corrected chi connectivity index (χ4v) is 4.26. The fourth-order valence-electron chi connectivity index (χ4n) is 4.26. The van der Waals surface area contributed by atoms with Crippen LogP contribution < -0.4 is 0 Å². The molecule has 0 bridgehead atoms. The number of methoxy groups -OCH3 is 1. The highest BCUT2D eigenvalue weighted by molar-refractivity contribution is 5.72. The number of rotatable bonds is 3. The number of fused-ring (bicyclic) bond motifs is 1. The number of hydrogen-bond acceptors (Lipinski definition) is 4. The molecule has 3 rings (SSSR count). The van der Waals surface area contributed by atoms with Crippen LogP contribution in [0.25, 0.3) is 0 Å². The van der Waals surface area contributed by atoms with Gasteiger partial charge in [0.2, 0.25) is 0 Å². The first-order valence-corrected chi connectivity index (χ1v) is 7.65.